The first-order valence-electron chi connectivity index (χ1n) is 3.81. The van der Waals surface area contributed by atoms with Gasteiger partial charge in [-0.3, -0.25) is 0 Å². The molecule has 2 N–H and O–H groups in total. The molecule has 4 nitrogen and oxygen atoms in total. The Labute approximate surface area is 84.9 Å². The summed E-state index contributed by atoms with van der Waals surface area (Å²) < 4.78 is 10.2. The Morgan fingerprint density at radius 2 is 1.79 bits per heavy atom. The van der Waals surface area contributed by atoms with Gasteiger partial charge >= 0.3 is 73.1 Å². The summed E-state index contributed by atoms with van der Waals surface area (Å²) in [6, 6.07) is 7.41. The minimum Gasteiger partial charge on any atom is -0.870 e. The number of rotatable bonds is 4. The van der Waals surface area contributed by atoms with Crippen LogP contribution in [0.4, 0.5) is 0 Å². The van der Waals surface area contributed by atoms with Crippen molar-refractivity contribution in [1.29, 1.82) is 0 Å². The van der Waals surface area contributed by atoms with Gasteiger partial charge in [-0.05, 0) is 0 Å². The average molecular weight is 196 g/mol. The molecule has 1 aromatic carbocycles. The van der Waals surface area contributed by atoms with Crippen LogP contribution in [0.1, 0.15) is 0 Å². The SMILES string of the molecule is [B+2]c1ccccc1OCCOC.[OH-].[OH-]. The van der Waals surface area contributed by atoms with Crippen LogP contribution in [0.15, 0.2) is 24.3 Å². The largest absolute Gasteiger partial charge is 0.870 e. The van der Waals surface area contributed by atoms with Gasteiger partial charge in [0.2, 0.25) is 0 Å². The summed E-state index contributed by atoms with van der Waals surface area (Å²) in [6.45, 7) is 1.11. The molecule has 0 aliphatic heterocycles. The molecule has 0 radical (unpaired) electrons. The van der Waals surface area contributed by atoms with Crippen molar-refractivity contribution in [3.05, 3.63) is 24.3 Å². The third-order valence-electron chi connectivity index (χ3n) is 1.46. The second-order valence-corrected chi connectivity index (χ2v) is 2.38. The minimum absolute atomic E-state index is 0. The molecule has 0 aliphatic rings. The Morgan fingerprint density at radius 3 is 2.36 bits per heavy atom. The molecule has 0 aromatic heterocycles. The third kappa shape index (κ3) is 4.86. The van der Waals surface area contributed by atoms with E-state index < -0.39 is 0 Å². The van der Waals surface area contributed by atoms with E-state index in [2.05, 4.69) is 0 Å². The van der Waals surface area contributed by atoms with E-state index in [9.17, 15) is 0 Å². The molecule has 0 atom stereocenters. The van der Waals surface area contributed by atoms with Crippen molar-refractivity contribution >= 4 is 13.3 Å². The second-order valence-electron chi connectivity index (χ2n) is 2.38. The quantitative estimate of drug-likeness (QED) is 0.507. The molecule has 0 amide bonds. The molecule has 0 spiro atoms. The van der Waals surface area contributed by atoms with Crippen molar-refractivity contribution in [2.24, 2.45) is 0 Å². The first-order valence-corrected chi connectivity index (χ1v) is 3.81. The zero-order valence-corrected chi connectivity index (χ0v) is 8.01. The zero-order chi connectivity index (χ0) is 8.81. The Hall–Kier alpha value is -1.04. The predicted octanol–water partition coefficient (Wildman–Crippen LogP) is 0.152. The van der Waals surface area contributed by atoms with Gasteiger partial charge in [0.15, 0.2) is 0 Å². The fourth-order valence-electron chi connectivity index (χ4n) is 0.847. The van der Waals surface area contributed by atoms with Gasteiger partial charge in [-0.1, -0.05) is 0 Å². The van der Waals surface area contributed by atoms with Crippen LogP contribution in [0.5, 0.6) is 5.75 Å². The van der Waals surface area contributed by atoms with E-state index in [-0.39, 0.29) is 11.0 Å². The smallest absolute Gasteiger partial charge is 0.870 e. The van der Waals surface area contributed by atoms with Crippen LogP contribution in [-0.4, -0.2) is 39.1 Å². The summed E-state index contributed by atoms with van der Waals surface area (Å²) in [6.07, 6.45) is 0. The maximum atomic E-state index is 5.64. The van der Waals surface area contributed by atoms with E-state index in [1.54, 1.807) is 7.11 Å². The van der Waals surface area contributed by atoms with Crippen LogP contribution in [0.2, 0.25) is 0 Å². The van der Waals surface area contributed by atoms with Crippen LogP contribution in [0.3, 0.4) is 0 Å². The average Bonchev–Trinajstić information content (AvgIpc) is 2.09. The monoisotopic (exact) mass is 196 g/mol. The Bertz CT molecular complexity index is 242. The Balaban J connectivity index is 0. The maximum Gasteiger partial charge on any atom is -0.870 e. The van der Waals surface area contributed by atoms with E-state index in [1.807, 2.05) is 24.3 Å². The normalized spacial score (nSPS) is 8.50. The molecule has 0 bridgehead atoms. The van der Waals surface area contributed by atoms with E-state index >= 15 is 0 Å². The topological polar surface area (TPSA) is 78.5 Å². The molecular formula is C9H13BO4. The Kier molecular flexibility index (Phi) is 9.44. The molecular weight excluding hydrogens is 183 g/mol. The van der Waals surface area contributed by atoms with Gasteiger partial charge in [0.1, 0.15) is 0 Å². The van der Waals surface area contributed by atoms with Gasteiger partial charge in [-0.2, -0.15) is 0 Å². The molecule has 0 heterocycles. The second kappa shape index (κ2) is 8.56. The fraction of sp³-hybridized carbons (Fsp3) is 0.333. The predicted molar refractivity (Wildman–Crippen MR) is 53.1 cm³/mol. The molecule has 76 valence electrons. The Morgan fingerprint density at radius 1 is 1.14 bits per heavy atom. The van der Waals surface area contributed by atoms with Crippen molar-refractivity contribution < 1.29 is 20.4 Å². The molecule has 0 unspecified atom stereocenters. The zero-order valence-electron chi connectivity index (χ0n) is 8.01. The number of benzene rings is 1. The maximum absolute atomic E-state index is 5.64. The molecule has 0 fully saturated rings. The number of hydrogen-bond donors (Lipinski definition) is 0. The van der Waals surface area contributed by atoms with E-state index in [0.717, 1.165) is 5.75 Å². The van der Waals surface area contributed by atoms with E-state index in [4.69, 9.17) is 17.3 Å². The summed E-state index contributed by atoms with van der Waals surface area (Å²) >= 11 is 0. The van der Waals surface area contributed by atoms with Crippen LogP contribution in [0, 0.1) is 0 Å². The van der Waals surface area contributed by atoms with Gasteiger partial charge in [0.05, 0.1) is 0 Å². The van der Waals surface area contributed by atoms with Gasteiger partial charge in [0, 0.05) is 0 Å². The van der Waals surface area contributed by atoms with Gasteiger partial charge in [-0.25, -0.2) is 0 Å². The third-order valence-corrected chi connectivity index (χ3v) is 1.46. The number of hydrogen-bond acceptors (Lipinski definition) is 4. The number of ether oxygens (including phenoxy) is 2. The van der Waals surface area contributed by atoms with Gasteiger partial charge in [0.25, 0.3) is 0 Å². The fourth-order valence-corrected chi connectivity index (χ4v) is 0.847. The van der Waals surface area contributed by atoms with Crippen LogP contribution in [-0.2, 0) is 4.74 Å². The molecule has 1 rings (SSSR count). The van der Waals surface area contributed by atoms with Crippen LogP contribution >= 0.6 is 0 Å². The summed E-state index contributed by atoms with van der Waals surface area (Å²) in [5, 5.41) is 0. The van der Waals surface area contributed by atoms with Crippen LogP contribution < -0.4 is 10.2 Å². The minimum atomic E-state index is 0. The standard InChI is InChI=1S/C9H11BO2.2H2O/c1-11-6-7-12-9-5-3-2-4-8(9)10;;/h2-5H,6-7H2,1H3;2*1H2/q+2;;/p-2. The first-order chi connectivity index (χ1) is 5.84. The van der Waals surface area contributed by atoms with E-state index in [1.165, 1.54) is 0 Å². The summed E-state index contributed by atoms with van der Waals surface area (Å²) in [4.78, 5) is 0. The van der Waals surface area contributed by atoms with Crippen molar-refractivity contribution in [1.82, 2.24) is 0 Å². The van der Waals surface area contributed by atoms with E-state index in [0.29, 0.717) is 18.7 Å². The van der Waals surface area contributed by atoms with Gasteiger partial charge < -0.3 is 11.0 Å². The first kappa shape index (κ1) is 15.4. The molecule has 14 heavy (non-hydrogen) atoms. The van der Waals surface area contributed by atoms with Crippen LogP contribution in [0.25, 0.3) is 0 Å². The van der Waals surface area contributed by atoms with Crippen molar-refractivity contribution in [3.63, 3.8) is 0 Å². The molecule has 1 aromatic rings. The summed E-state index contributed by atoms with van der Waals surface area (Å²) in [5.41, 5.74) is 0.661. The number of para-hydroxylation sites is 1. The van der Waals surface area contributed by atoms with Crippen molar-refractivity contribution in [2.45, 2.75) is 0 Å². The molecule has 0 saturated heterocycles. The molecule has 0 saturated carbocycles. The van der Waals surface area contributed by atoms with Crippen molar-refractivity contribution in [3.8, 4) is 5.75 Å². The van der Waals surface area contributed by atoms with Gasteiger partial charge in [-0.15, -0.1) is 0 Å². The number of methoxy groups -OCH3 is 1. The molecule has 5 heteroatoms. The van der Waals surface area contributed by atoms with Crippen molar-refractivity contribution in [2.75, 3.05) is 20.3 Å². The summed E-state index contributed by atoms with van der Waals surface area (Å²) in [5.74, 6) is 0.717. The molecule has 0 aliphatic carbocycles. The summed E-state index contributed by atoms with van der Waals surface area (Å²) in [7, 11) is 7.27.